The lowest BCUT2D eigenvalue weighted by molar-refractivity contribution is -0.137. The maximum atomic E-state index is 11.2. The average Bonchev–Trinajstić information content (AvgIpc) is 2.31. The highest BCUT2D eigenvalue weighted by atomic mass is 16.7. The van der Waals surface area contributed by atoms with Crippen LogP contribution in [-0.2, 0) is 14.4 Å². The first-order chi connectivity index (χ1) is 8.47. The van der Waals surface area contributed by atoms with E-state index in [1.807, 2.05) is 0 Å². The molecule has 0 rings (SSSR count). The molecule has 0 aliphatic rings. The zero-order valence-corrected chi connectivity index (χ0v) is 10.6. The zero-order chi connectivity index (χ0) is 14.0. The van der Waals surface area contributed by atoms with Crippen LogP contribution in [0.3, 0.4) is 0 Å². The molecule has 0 aromatic heterocycles. The van der Waals surface area contributed by atoms with Crippen molar-refractivity contribution in [2.45, 2.75) is 32.2 Å². The van der Waals surface area contributed by atoms with Gasteiger partial charge < -0.3 is 20.6 Å². The quantitative estimate of drug-likeness (QED) is 0.166. The van der Waals surface area contributed by atoms with E-state index in [2.05, 4.69) is 20.4 Å². The summed E-state index contributed by atoms with van der Waals surface area (Å²) < 4.78 is 4.56. The molecule has 18 heavy (non-hydrogen) atoms. The van der Waals surface area contributed by atoms with Crippen LogP contribution in [0.2, 0.25) is 0 Å². The Morgan fingerprint density at radius 2 is 2.06 bits per heavy atom. The Morgan fingerprint density at radius 1 is 1.39 bits per heavy atom. The van der Waals surface area contributed by atoms with Gasteiger partial charge in [0.15, 0.2) is 5.90 Å². The second kappa shape index (κ2) is 9.37. The summed E-state index contributed by atoms with van der Waals surface area (Å²) in [4.78, 5) is 26.4. The molecule has 1 atom stereocenters. The summed E-state index contributed by atoms with van der Waals surface area (Å²) in [6, 6.07) is -0.731. The number of carbonyl (C=O) groups excluding carboxylic acids is 2. The Morgan fingerprint density at radius 3 is 2.61 bits per heavy atom. The summed E-state index contributed by atoms with van der Waals surface area (Å²) in [5, 5.41) is 9.26. The maximum absolute atomic E-state index is 11.2. The molecule has 0 unspecified atom stereocenters. The highest BCUT2D eigenvalue weighted by Crippen LogP contribution is 2.00. The molecule has 8 heteroatoms. The lowest BCUT2D eigenvalue weighted by Gasteiger charge is -2.10. The maximum Gasteiger partial charge on any atom is 0.425 e. The highest BCUT2D eigenvalue weighted by molar-refractivity contribution is 5.88. The number of ether oxygens (including phenoxy) is 1. The van der Waals surface area contributed by atoms with Crippen LogP contribution in [-0.4, -0.2) is 37.6 Å². The van der Waals surface area contributed by atoms with Gasteiger partial charge in [-0.15, -0.1) is 0 Å². The standard InChI is InChI=1S/C10H20N4O4/c1-7(11)17-9(15)8(12)5-3-4-6-14-18-10(16)13-2/h8,11,14H,3-6,12H2,1-2H3,(H,13,16)/t8-/m0/s1. The van der Waals surface area contributed by atoms with Crippen LogP contribution < -0.4 is 16.5 Å². The Labute approximate surface area is 106 Å². The molecule has 104 valence electrons. The Bertz CT molecular complexity index is 296. The second-order valence-corrected chi connectivity index (χ2v) is 3.61. The number of amides is 1. The Balaban J connectivity index is 3.51. The number of hydroxylamine groups is 1. The van der Waals surface area contributed by atoms with Crippen molar-refractivity contribution in [1.29, 1.82) is 5.41 Å². The minimum Gasteiger partial charge on any atom is -0.411 e. The van der Waals surface area contributed by atoms with E-state index in [1.165, 1.54) is 14.0 Å². The van der Waals surface area contributed by atoms with Gasteiger partial charge in [0.1, 0.15) is 6.04 Å². The van der Waals surface area contributed by atoms with Gasteiger partial charge in [-0.3, -0.25) is 5.41 Å². The summed E-state index contributed by atoms with van der Waals surface area (Å²) in [6.45, 7) is 1.84. The van der Waals surface area contributed by atoms with E-state index >= 15 is 0 Å². The summed E-state index contributed by atoms with van der Waals surface area (Å²) in [6.07, 6.45) is 1.27. The number of hydrogen-bond acceptors (Lipinski definition) is 7. The molecule has 0 bridgehead atoms. The van der Waals surface area contributed by atoms with Crippen molar-refractivity contribution in [2.75, 3.05) is 13.6 Å². The fourth-order valence-electron chi connectivity index (χ4n) is 1.07. The third-order valence-electron chi connectivity index (χ3n) is 1.97. The van der Waals surface area contributed by atoms with Crippen molar-refractivity contribution >= 4 is 18.0 Å². The Hall–Kier alpha value is -1.67. The SMILES string of the molecule is CNC(=O)ONCCCC[C@H](N)C(=O)OC(C)=N. The van der Waals surface area contributed by atoms with E-state index in [1.54, 1.807) is 0 Å². The van der Waals surface area contributed by atoms with Crippen molar-refractivity contribution in [2.24, 2.45) is 5.73 Å². The van der Waals surface area contributed by atoms with Gasteiger partial charge in [-0.2, -0.15) is 5.48 Å². The molecule has 0 aromatic carbocycles. The molecule has 0 saturated carbocycles. The fraction of sp³-hybridized carbons (Fsp3) is 0.700. The molecule has 0 radical (unpaired) electrons. The third kappa shape index (κ3) is 8.48. The van der Waals surface area contributed by atoms with Gasteiger partial charge in [-0.05, 0) is 19.3 Å². The fourth-order valence-corrected chi connectivity index (χ4v) is 1.07. The lowest BCUT2D eigenvalue weighted by atomic mass is 10.1. The van der Waals surface area contributed by atoms with Crippen molar-refractivity contribution in [3.63, 3.8) is 0 Å². The second-order valence-electron chi connectivity index (χ2n) is 3.61. The summed E-state index contributed by atoms with van der Waals surface area (Å²) >= 11 is 0. The van der Waals surface area contributed by atoms with E-state index in [9.17, 15) is 9.59 Å². The van der Waals surface area contributed by atoms with Gasteiger partial charge in [-0.25, -0.2) is 9.59 Å². The van der Waals surface area contributed by atoms with Crippen LogP contribution in [0.25, 0.3) is 0 Å². The predicted octanol–water partition coefficient (Wildman–Crippen LogP) is -0.115. The molecule has 0 aliphatic heterocycles. The first-order valence-electron chi connectivity index (χ1n) is 5.61. The van der Waals surface area contributed by atoms with Crippen LogP contribution in [0.15, 0.2) is 0 Å². The molecule has 0 heterocycles. The third-order valence-corrected chi connectivity index (χ3v) is 1.97. The highest BCUT2D eigenvalue weighted by Gasteiger charge is 2.15. The normalized spacial score (nSPS) is 11.5. The van der Waals surface area contributed by atoms with Gasteiger partial charge in [0.25, 0.3) is 0 Å². The number of unbranched alkanes of at least 4 members (excludes halogenated alkanes) is 1. The number of rotatable bonds is 7. The predicted molar refractivity (Wildman–Crippen MR) is 64.9 cm³/mol. The summed E-state index contributed by atoms with van der Waals surface area (Å²) in [7, 11) is 1.46. The van der Waals surface area contributed by atoms with Crippen molar-refractivity contribution in [3.05, 3.63) is 0 Å². The molecule has 0 saturated heterocycles. The molecular formula is C10H20N4O4. The van der Waals surface area contributed by atoms with E-state index in [0.29, 0.717) is 25.8 Å². The van der Waals surface area contributed by atoms with Crippen LogP contribution in [0.1, 0.15) is 26.2 Å². The van der Waals surface area contributed by atoms with Crippen LogP contribution in [0, 0.1) is 5.41 Å². The van der Waals surface area contributed by atoms with E-state index in [4.69, 9.17) is 11.1 Å². The molecule has 5 N–H and O–H groups in total. The minimum absolute atomic E-state index is 0.170. The van der Waals surface area contributed by atoms with Gasteiger partial charge in [0.2, 0.25) is 0 Å². The van der Waals surface area contributed by atoms with Gasteiger partial charge in [-0.1, -0.05) is 0 Å². The monoisotopic (exact) mass is 260 g/mol. The largest absolute Gasteiger partial charge is 0.425 e. The molecule has 8 nitrogen and oxygen atoms in total. The van der Waals surface area contributed by atoms with Gasteiger partial charge in [0.05, 0.1) is 0 Å². The van der Waals surface area contributed by atoms with Crippen molar-refractivity contribution in [1.82, 2.24) is 10.8 Å². The lowest BCUT2D eigenvalue weighted by Crippen LogP contribution is -2.33. The topological polar surface area (TPSA) is 127 Å². The minimum atomic E-state index is -0.731. The smallest absolute Gasteiger partial charge is 0.411 e. The van der Waals surface area contributed by atoms with Gasteiger partial charge in [0, 0.05) is 20.5 Å². The number of nitrogens with two attached hydrogens (primary N) is 1. The average molecular weight is 260 g/mol. The van der Waals surface area contributed by atoms with E-state index in [-0.39, 0.29) is 5.90 Å². The molecular weight excluding hydrogens is 240 g/mol. The molecule has 0 aromatic rings. The number of nitrogens with one attached hydrogen (secondary N) is 3. The van der Waals surface area contributed by atoms with E-state index < -0.39 is 18.1 Å². The van der Waals surface area contributed by atoms with Crippen LogP contribution in [0.5, 0.6) is 0 Å². The first-order valence-corrected chi connectivity index (χ1v) is 5.61. The number of esters is 1. The number of hydrogen-bond donors (Lipinski definition) is 4. The van der Waals surface area contributed by atoms with Crippen molar-refractivity contribution < 1.29 is 19.2 Å². The Kier molecular flexibility index (Phi) is 8.50. The first kappa shape index (κ1) is 16.3. The molecule has 1 amide bonds. The van der Waals surface area contributed by atoms with E-state index in [0.717, 1.165) is 0 Å². The molecule has 0 fully saturated rings. The zero-order valence-electron chi connectivity index (χ0n) is 10.6. The van der Waals surface area contributed by atoms with Crippen molar-refractivity contribution in [3.8, 4) is 0 Å². The number of carbonyl (C=O) groups is 2. The molecule has 0 spiro atoms. The van der Waals surface area contributed by atoms with Crippen LogP contribution >= 0.6 is 0 Å². The van der Waals surface area contributed by atoms with Gasteiger partial charge >= 0.3 is 12.1 Å². The summed E-state index contributed by atoms with van der Waals surface area (Å²) in [5.74, 6) is -0.770. The molecule has 0 aliphatic carbocycles. The summed E-state index contributed by atoms with van der Waals surface area (Å²) in [5.41, 5.74) is 8.03. The van der Waals surface area contributed by atoms with Crippen LogP contribution in [0.4, 0.5) is 4.79 Å².